The zero-order valence-corrected chi connectivity index (χ0v) is 21.9. The molecule has 4 heterocycles. The number of hydrogen-bond donors (Lipinski definition) is 0. The Hall–Kier alpha value is -4.26. The van der Waals surface area contributed by atoms with Crippen LogP contribution in [0.1, 0.15) is 0 Å². The molecular formula is C32H20BN3S2. The van der Waals surface area contributed by atoms with Gasteiger partial charge in [-0.25, -0.2) is 9.97 Å². The summed E-state index contributed by atoms with van der Waals surface area (Å²) >= 11 is 3.73. The molecular weight excluding hydrogens is 501 g/mol. The molecule has 3 nitrogen and oxygen atoms in total. The van der Waals surface area contributed by atoms with Crippen LogP contribution in [0.15, 0.2) is 122 Å². The summed E-state index contributed by atoms with van der Waals surface area (Å²) in [4.78, 5) is 12.2. The molecule has 0 saturated carbocycles. The number of anilines is 3. The van der Waals surface area contributed by atoms with Crippen molar-refractivity contribution in [3.63, 3.8) is 0 Å². The summed E-state index contributed by atoms with van der Waals surface area (Å²) in [6.07, 6.45) is 4.06. The summed E-state index contributed by atoms with van der Waals surface area (Å²) < 4.78 is 2.59. The largest absolute Gasteiger partial charge is 0.294 e. The first-order valence-corrected chi connectivity index (χ1v) is 14.3. The van der Waals surface area contributed by atoms with E-state index in [0.717, 1.165) is 16.9 Å². The summed E-state index contributed by atoms with van der Waals surface area (Å²) in [5.74, 6) is 0.752. The van der Waals surface area contributed by atoms with Crippen LogP contribution in [0.4, 0.5) is 15.7 Å². The molecule has 4 aromatic carbocycles. The molecule has 0 spiro atoms. The Morgan fingerprint density at radius 2 is 1.05 bits per heavy atom. The van der Waals surface area contributed by atoms with Crippen LogP contribution in [-0.2, 0) is 0 Å². The Morgan fingerprint density at radius 3 is 1.63 bits per heavy atom. The highest BCUT2D eigenvalue weighted by molar-refractivity contribution is 7.30. The maximum absolute atomic E-state index is 4.86. The molecule has 0 atom stereocenters. The van der Waals surface area contributed by atoms with Gasteiger partial charge in [-0.15, -0.1) is 22.7 Å². The van der Waals surface area contributed by atoms with Crippen molar-refractivity contribution in [3.05, 3.63) is 122 Å². The van der Waals surface area contributed by atoms with Gasteiger partial charge < -0.3 is 0 Å². The monoisotopic (exact) mass is 521 g/mol. The molecule has 38 heavy (non-hydrogen) atoms. The summed E-state index contributed by atoms with van der Waals surface area (Å²) in [5, 5.41) is 5.14. The van der Waals surface area contributed by atoms with E-state index in [-0.39, 0.29) is 6.71 Å². The highest BCUT2D eigenvalue weighted by Crippen LogP contribution is 2.46. The predicted octanol–water partition coefficient (Wildman–Crippen LogP) is 6.87. The van der Waals surface area contributed by atoms with E-state index in [1.807, 2.05) is 53.3 Å². The molecule has 0 radical (unpaired) electrons. The molecule has 0 N–H and O–H groups in total. The first-order valence-electron chi connectivity index (χ1n) is 12.6. The minimum atomic E-state index is 0.0390. The van der Waals surface area contributed by atoms with Crippen molar-refractivity contribution in [1.29, 1.82) is 0 Å². The lowest BCUT2D eigenvalue weighted by molar-refractivity contribution is 1.19. The SMILES string of the molecule is c1ccc(-c2ncc(B3c4c(sc5ccccc45)N(c4ccccc4)c4sc5ccccc5c43)cn2)cc1. The lowest BCUT2D eigenvalue weighted by atomic mass is 9.36. The third kappa shape index (κ3) is 3.27. The Balaban J connectivity index is 1.43. The lowest BCUT2D eigenvalue weighted by Crippen LogP contribution is -2.56. The summed E-state index contributed by atoms with van der Waals surface area (Å²) in [6, 6.07) is 38.5. The molecule has 178 valence electrons. The van der Waals surface area contributed by atoms with Gasteiger partial charge in [0.25, 0.3) is 6.71 Å². The van der Waals surface area contributed by atoms with Gasteiger partial charge in [0.15, 0.2) is 5.82 Å². The second kappa shape index (κ2) is 8.66. The lowest BCUT2D eigenvalue weighted by Gasteiger charge is -2.32. The fourth-order valence-electron chi connectivity index (χ4n) is 5.60. The molecule has 0 bridgehead atoms. The van der Waals surface area contributed by atoms with Crippen molar-refractivity contribution >= 4 is 81.6 Å². The number of fused-ring (bicyclic) bond motifs is 6. The van der Waals surface area contributed by atoms with E-state index in [0.29, 0.717) is 0 Å². The van der Waals surface area contributed by atoms with E-state index >= 15 is 0 Å². The Bertz CT molecular complexity index is 1850. The van der Waals surface area contributed by atoms with E-state index in [1.54, 1.807) is 0 Å². The van der Waals surface area contributed by atoms with Gasteiger partial charge in [-0.05, 0) is 51.4 Å². The molecule has 0 saturated heterocycles. The van der Waals surface area contributed by atoms with Gasteiger partial charge in [-0.1, -0.05) is 84.9 Å². The van der Waals surface area contributed by atoms with Gasteiger partial charge in [0.2, 0.25) is 0 Å². The summed E-state index contributed by atoms with van der Waals surface area (Å²) in [7, 11) is 0. The van der Waals surface area contributed by atoms with Gasteiger partial charge in [-0.2, -0.15) is 0 Å². The number of aromatic nitrogens is 2. The van der Waals surface area contributed by atoms with Crippen molar-refractivity contribution < 1.29 is 0 Å². The summed E-state index contributed by atoms with van der Waals surface area (Å²) in [6.45, 7) is 0.0390. The maximum Gasteiger partial charge on any atom is 0.254 e. The molecule has 8 rings (SSSR count). The molecule has 0 unspecified atom stereocenters. The zero-order valence-electron chi connectivity index (χ0n) is 20.3. The Morgan fingerprint density at radius 1 is 0.553 bits per heavy atom. The maximum atomic E-state index is 4.86. The molecule has 3 aromatic heterocycles. The Labute approximate surface area is 228 Å². The number of thiophene rings is 2. The standard InChI is InChI=1S/C32H20BN3S2/c1-3-11-21(12-4-1)30-34-19-22(20-35-30)33-28-24-15-7-9-17-26(24)37-31(28)36(23-13-5-2-6-14-23)32-29(33)25-16-8-10-18-27(25)38-32/h1-20H. The molecule has 0 aliphatic carbocycles. The van der Waals surface area contributed by atoms with E-state index in [9.17, 15) is 0 Å². The van der Waals surface area contributed by atoms with Crippen LogP contribution < -0.4 is 21.3 Å². The molecule has 1 aliphatic heterocycles. The van der Waals surface area contributed by atoms with Crippen molar-refractivity contribution in [2.24, 2.45) is 0 Å². The number of nitrogens with zero attached hydrogens (tertiary/aromatic N) is 3. The number of rotatable bonds is 3. The van der Waals surface area contributed by atoms with Gasteiger partial charge >= 0.3 is 0 Å². The average molecular weight is 521 g/mol. The molecule has 0 amide bonds. The topological polar surface area (TPSA) is 29.0 Å². The van der Waals surface area contributed by atoms with E-state index < -0.39 is 0 Å². The molecule has 7 aromatic rings. The van der Waals surface area contributed by atoms with E-state index in [1.165, 1.54) is 46.8 Å². The van der Waals surface area contributed by atoms with Gasteiger partial charge in [0.05, 0.1) is 10.0 Å². The predicted molar refractivity (Wildman–Crippen MR) is 164 cm³/mol. The second-order valence-corrected chi connectivity index (χ2v) is 11.5. The average Bonchev–Trinajstić information content (AvgIpc) is 3.56. The van der Waals surface area contributed by atoms with Gasteiger partial charge in [0.1, 0.15) is 0 Å². The third-order valence-electron chi connectivity index (χ3n) is 7.26. The minimum absolute atomic E-state index is 0.0390. The van der Waals surface area contributed by atoms with Crippen molar-refractivity contribution in [3.8, 4) is 11.4 Å². The van der Waals surface area contributed by atoms with Crippen molar-refractivity contribution in [2.45, 2.75) is 0 Å². The molecule has 0 fully saturated rings. The van der Waals surface area contributed by atoms with Crippen LogP contribution in [0.25, 0.3) is 31.6 Å². The zero-order chi connectivity index (χ0) is 25.1. The number of para-hydroxylation sites is 1. The number of hydrogen-bond acceptors (Lipinski definition) is 5. The van der Waals surface area contributed by atoms with Crippen LogP contribution in [0.2, 0.25) is 0 Å². The normalized spacial score (nSPS) is 12.6. The third-order valence-corrected chi connectivity index (χ3v) is 9.61. The smallest absolute Gasteiger partial charge is 0.254 e. The van der Waals surface area contributed by atoms with Crippen molar-refractivity contribution in [2.75, 3.05) is 4.90 Å². The Kier molecular flexibility index (Phi) is 4.96. The van der Waals surface area contributed by atoms with E-state index in [2.05, 4.69) is 95.9 Å². The fourth-order valence-corrected chi connectivity index (χ4v) is 8.19. The minimum Gasteiger partial charge on any atom is -0.294 e. The van der Waals surface area contributed by atoms with Crippen LogP contribution in [0, 0.1) is 0 Å². The molecule has 1 aliphatic rings. The van der Waals surface area contributed by atoms with Gasteiger partial charge in [0, 0.05) is 33.0 Å². The van der Waals surface area contributed by atoms with Gasteiger partial charge in [-0.3, -0.25) is 4.90 Å². The highest BCUT2D eigenvalue weighted by Gasteiger charge is 2.41. The van der Waals surface area contributed by atoms with Crippen molar-refractivity contribution in [1.82, 2.24) is 9.97 Å². The first-order chi connectivity index (χ1) is 18.9. The highest BCUT2D eigenvalue weighted by atomic mass is 32.1. The first kappa shape index (κ1) is 21.8. The fraction of sp³-hybridized carbons (Fsp3) is 0. The van der Waals surface area contributed by atoms with E-state index in [4.69, 9.17) is 9.97 Å². The van der Waals surface area contributed by atoms with Crippen LogP contribution in [0.5, 0.6) is 0 Å². The van der Waals surface area contributed by atoms with Crippen LogP contribution in [-0.4, -0.2) is 16.7 Å². The quantitative estimate of drug-likeness (QED) is 0.238. The number of benzene rings is 4. The molecule has 6 heteroatoms. The van der Waals surface area contributed by atoms with Crippen LogP contribution >= 0.6 is 22.7 Å². The van der Waals surface area contributed by atoms with Crippen LogP contribution in [0.3, 0.4) is 0 Å². The summed E-state index contributed by atoms with van der Waals surface area (Å²) in [5.41, 5.74) is 6.00. The second-order valence-electron chi connectivity index (χ2n) is 9.44.